The normalized spacial score (nSPS) is 12.6. The number of amides is 1. The van der Waals surface area contributed by atoms with Crippen molar-refractivity contribution in [2.24, 2.45) is 0 Å². The molecule has 0 bridgehead atoms. The average Bonchev–Trinajstić information content (AvgIpc) is 2.75. The van der Waals surface area contributed by atoms with Crippen LogP contribution in [-0.2, 0) is 21.4 Å². The van der Waals surface area contributed by atoms with E-state index in [0.717, 1.165) is 11.1 Å². The fourth-order valence-corrected chi connectivity index (χ4v) is 6.16. The largest absolute Gasteiger partial charge is 0.348 e. The Labute approximate surface area is 211 Å². The van der Waals surface area contributed by atoms with Crippen LogP contribution in [0, 0.1) is 20.8 Å². The highest BCUT2D eigenvalue weighted by Crippen LogP contribution is 2.28. The molecule has 180 valence electrons. The van der Waals surface area contributed by atoms with E-state index in [9.17, 15) is 13.2 Å². The van der Waals surface area contributed by atoms with Gasteiger partial charge in [0, 0.05) is 6.54 Å². The third kappa shape index (κ3) is 6.19. The zero-order chi connectivity index (χ0) is 25.0. The van der Waals surface area contributed by atoms with Crippen molar-refractivity contribution >= 4 is 39.1 Å². The zero-order valence-corrected chi connectivity index (χ0v) is 21.9. The van der Waals surface area contributed by atoms with Crippen LogP contribution < -0.4 is 5.32 Å². The van der Waals surface area contributed by atoms with Crippen molar-refractivity contribution < 1.29 is 13.2 Å². The monoisotopic (exact) mass is 518 g/mol. The molecule has 0 aliphatic heterocycles. The second-order valence-electron chi connectivity index (χ2n) is 8.45. The van der Waals surface area contributed by atoms with Crippen LogP contribution in [0.4, 0.5) is 0 Å². The Hall–Kier alpha value is -2.38. The van der Waals surface area contributed by atoms with Crippen LogP contribution in [0.5, 0.6) is 0 Å². The van der Waals surface area contributed by atoms with Crippen LogP contribution in [0.1, 0.15) is 40.8 Å². The number of rotatable bonds is 8. The van der Waals surface area contributed by atoms with Crippen molar-refractivity contribution in [3.05, 3.63) is 98.5 Å². The fourth-order valence-electron chi connectivity index (χ4n) is 4.04. The minimum Gasteiger partial charge on any atom is -0.348 e. The maximum atomic E-state index is 13.8. The Balaban J connectivity index is 1.95. The first-order valence-electron chi connectivity index (χ1n) is 10.8. The lowest BCUT2D eigenvalue weighted by Gasteiger charge is -2.25. The van der Waals surface area contributed by atoms with Crippen molar-refractivity contribution in [2.75, 3.05) is 6.54 Å². The zero-order valence-electron chi connectivity index (χ0n) is 19.6. The van der Waals surface area contributed by atoms with Gasteiger partial charge in [0.2, 0.25) is 15.9 Å². The summed E-state index contributed by atoms with van der Waals surface area (Å²) >= 11 is 12.2. The van der Waals surface area contributed by atoms with Gasteiger partial charge in [0.05, 0.1) is 27.5 Å². The summed E-state index contributed by atoms with van der Waals surface area (Å²) in [7, 11) is -4.00. The number of hydrogen-bond donors (Lipinski definition) is 1. The quantitative estimate of drug-likeness (QED) is 0.398. The number of carbonyl (C=O) groups is 1. The predicted molar refractivity (Wildman–Crippen MR) is 138 cm³/mol. The number of benzene rings is 3. The van der Waals surface area contributed by atoms with Crippen LogP contribution in [0.2, 0.25) is 10.0 Å². The molecular formula is C26H28Cl2N2O3S. The first kappa shape index (κ1) is 26.2. The van der Waals surface area contributed by atoms with E-state index in [2.05, 4.69) is 5.32 Å². The Kier molecular flexibility index (Phi) is 8.42. The molecule has 0 aliphatic rings. The summed E-state index contributed by atoms with van der Waals surface area (Å²) in [4.78, 5) is 13.2. The molecule has 0 aliphatic carbocycles. The Morgan fingerprint density at radius 3 is 2.15 bits per heavy atom. The summed E-state index contributed by atoms with van der Waals surface area (Å²) in [6.45, 7) is 6.94. The molecule has 0 spiro atoms. The van der Waals surface area contributed by atoms with Gasteiger partial charge in [-0.2, -0.15) is 4.31 Å². The molecule has 3 aromatic carbocycles. The van der Waals surface area contributed by atoms with Gasteiger partial charge in [-0.25, -0.2) is 8.42 Å². The lowest BCUT2D eigenvalue weighted by molar-refractivity contribution is -0.122. The smallest absolute Gasteiger partial charge is 0.244 e. The molecule has 3 rings (SSSR count). The van der Waals surface area contributed by atoms with E-state index in [1.165, 1.54) is 4.31 Å². The van der Waals surface area contributed by atoms with E-state index in [0.29, 0.717) is 26.7 Å². The molecule has 0 saturated carbocycles. The first-order valence-corrected chi connectivity index (χ1v) is 13.0. The van der Waals surface area contributed by atoms with Crippen molar-refractivity contribution in [3.63, 3.8) is 0 Å². The van der Waals surface area contributed by atoms with Crippen molar-refractivity contribution in [3.8, 4) is 0 Å². The highest BCUT2D eigenvalue weighted by Gasteiger charge is 2.30. The highest BCUT2D eigenvalue weighted by atomic mass is 35.5. The number of aryl methyl sites for hydroxylation is 3. The number of sulfonamides is 1. The second kappa shape index (κ2) is 10.9. The standard InChI is InChI=1S/C26H28Cl2N2O3S/c1-17-12-18(2)26(19(3)13-17)34(32,33)30(15-21-10-11-23(27)24(28)14-21)16-25(31)29-20(4)22-8-6-5-7-9-22/h5-14,20H,15-16H2,1-4H3,(H,29,31). The van der Waals surface area contributed by atoms with Crippen molar-refractivity contribution in [1.29, 1.82) is 0 Å². The lowest BCUT2D eigenvalue weighted by atomic mass is 10.1. The van der Waals surface area contributed by atoms with Gasteiger partial charge < -0.3 is 5.32 Å². The van der Waals surface area contributed by atoms with Gasteiger partial charge >= 0.3 is 0 Å². The van der Waals surface area contributed by atoms with Crippen LogP contribution in [-0.4, -0.2) is 25.2 Å². The third-order valence-corrected chi connectivity index (χ3v) is 8.38. The topological polar surface area (TPSA) is 66.5 Å². The van der Waals surface area contributed by atoms with Crippen molar-refractivity contribution in [1.82, 2.24) is 9.62 Å². The molecule has 1 atom stereocenters. The van der Waals surface area contributed by atoms with E-state index in [1.54, 1.807) is 32.0 Å². The van der Waals surface area contributed by atoms with Gasteiger partial charge in [-0.1, -0.05) is 77.3 Å². The molecule has 1 N–H and O–H groups in total. The summed E-state index contributed by atoms with van der Waals surface area (Å²) in [5, 5.41) is 3.60. The molecule has 0 radical (unpaired) electrons. The molecule has 0 heterocycles. The minimum absolute atomic E-state index is 0.0287. The van der Waals surface area contributed by atoms with E-state index in [1.807, 2.05) is 56.3 Å². The SMILES string of the molecule is Cc1cc(C)c(S(=O)(=O)N(CC(=O)NC(C)c2ccccc2)Cc2ccc(Cl)c(Cl)c2)c(C)c1. The van der Waals surface area contributed by atoms with Gasteiger partial charge in [0.15, 0.2) is 0 Å². The Bertz CT molecular complexity index is 1270. The van der Waals surface area contributed by atoms with E-state index in [-0.39, 0.29) is 24.0 Å². The molecule has 5 nitrogen and oxygen atoms in total. The van der Waals surface area contributed by atoms with Crippen LogP contribution in [0.15, 0.2) is 65.6 Å². The summed E-state index contributed by atoms with van der Waals surface area (Å²) < 4.78 is 28.8. The summed E-state index contributed by atoms with van der Waals surface area (Å²) in [5.41, 5.74) is 3.80. The third-order valence-electron chi connectivity index (χ3n) is 5.54. The van der Waals surface area contributed by atoms with Crippen LogP contribution >= 0.6 is 23.2 Å². The molecule has 8 heteroatoms. The number of carbonyl (C=O) groups excluding carboxylic acids is 1. The second-order valence-corrected chi connectivity index (χ2v) is 11.1. The van der Waals surface area contributed by atoms with E-state index >= 15 is 0 Å². The van der Waals surface area contributed by atoms with Gasteiger partial charge in [-0.3, -0.25) is 4.79 Å². The van der Waals surface area contributed by atoms with E-state index in [4.69, 9.17) is 23.2 Å². The Morgan fingerprint density at radius 2 is 1.56 bits per heavy atom. The highest BCUT2D eigenvalue weighted by molar-refractivity contribution is 7.89. The summed E-state index contributed by atoms with van der Waals surface area (Å²) in [6.07, 6.45) is 0. The molecular weight excluding hydrogens is 491 g/mol. The van der Waals surface area contributed by atoms with E-state index < -0.39 is 15.9 Å². The molecule has 3 aromatic rings. The molecule has 0 fully saturated rings. The van der Waals surface area contributed by atoms with Crippen LogP contribution in [0.3, 0.4) is 0 Å². The van der Waals surface area contributed by atoms with Gasteiger partial charge in [0.1, 0.15) is 0 Å². The van der Waals surface area contributed by atoms with Crippen molar-refractivity contribution in [2.45, 2.75) is 45.2 Å². The molecule has 1 amide bonds. The maximum Gasteiger partial charge on any atom is 0.244 e. The Morgan fingerprint density at radius 1 is 0.941 bits per heavy atom. The van der Waals surface area contributed by atoms with Crippen LogP contribution in [0.25, 0.3) is 0 Å². The number of halogens is 2. The maximum absolute atomic E-state index is 13.8. The predicted octanol–water partition coefficient (Wildman–Crippen LogP) is 5.99. The van der Waals surface area contributed by atoms with Gasteiger partial charge in [-0.15, -0.1) is 0 Å². The summed E-state index contributed by atoms with van der Waals surface area (Å²) in [5.74, 6) is -0.401. The molecule has 0 aromatic heterocycles. The number of nitrogens with zero attached hydrogens (tertiary/aromatic N) is 1. The lowest BCUT2D eigenvalue weighted by Crippen LogP contribution is -2.41. The number of hydrogen-bond acceptors (Lipinski definition) is 3. The average molecular weight is 519 g/mol. The first-order chi connectivity index (χ1) is 16.0. The molecule has 0 saturated heterocycles. The molecule has 34 heavy (non-hydrogen) atoms. The van der Waals surface area contributed by atoms with Gasteiger partial charge in [-0.05, 0) is 62.1 Å². The minimum atomic E-state index is -4.00. The number of nitrogens with one attached hydrogen (secondary N) is 1. The van der Waals surface area contributed by atoms with Gasteiger partial charge in [0.25, 0.3) is 0 Å². The fraction of sp³-hybridized carbons (Fsp3) is 0.269. The summed E-state index contributed by atoms with van der Waals surface area (Å²) in [6, 6.07) is 17.8. The molecule has 1 unspecified atom stereocenters.